The van der Waals surface area contributed by atoms with Crippen molar-refractivity contribution >= 4 is 21.9 Å². The summed E-state index contributed by atoms with van der Waals surface area (Å²) in [6, 6.07) is 4.54. The van der Waals surface area contributed by atoms with Crippen LogP contribution in [-0.2, 0) is 13.0 Å². The number of hydrogen-bond acceptors (Lipinski definition) is 5. The fourth-order valence-electron chi connectivity index (χ4n) is 1.56. The van der Waals surface area contributed by atoms with E-state index in [2.05, 4.69) is 26.1 Å². The number of carbonyl (C=O) groups is 1. The number of aryl methyl sites for hydroxylation is 1. The van der Waals surface area contributed by atoms with Crippen LogP contribution in [0.4, 0.5) is 0 Å². The Morgan fingerprint density at radius 3 is 2.95 bits per heavy atom. The number of carboxylic acid groups (broad SMARTS) is 1. The number of halogens is 1. The first-order chi connectivity index (χ1) is 9.60. The van der Waals surface area contributed by atoms with Gasteiger partial charge in [-0.1, -0.05) is 12.1 Å². The summed E-state index contributed by atoms with van der Waals surface area (Å²) in [5.41, 5.74) is 0.189. The molecule has 0 saturated carbocycles. The van der Waals surface area contributed by atoms with Gasteiger partial charge >= 0.3 is 5.97 Å². The molecule has 2 aromatic rings. The first-order valence-corrected chi connectivity index (χ1v) is 6.86. The SMILES string of the molecule is CCCc1nc(COc2ccc(C(=O)O)cc2Br)no1. The monoisotopic (exact) mass is 340 g/mol. The summed E-state index contributed by atoms with van der Waals surface area (Å²) in [5.74, 6) is 0.588. The largest absolute Gasteiger partial charge is 0.484 e. The van der Waals surface area contributed by atoms with E-state index < -0.39 is 5.97 Å². The molecule has 0 saturated heterocycles. The maximum atomic E-state index is 10.8. The molecule has 0 aliphatic carbocycles. The third-order valence-electron chi connectivity index (χ3n) is 2.51. The van der Waals surface area contributed by atoms with Crippen molar-refractivity contribution in [3.8, 4) is 5.75 Å². The van der Waals surface area contributed by atoms with Crippen LogP contribution in [-0.4, -0.2) is 21.2 Å². The minimum atomic E-state index is -0.986. The van der Waals surface area contributed by atoms with Crippen LogP contribution in [0.25, 0.3) is 0 Å². The second kappa shape index (κ2) is 6.51. The van der Waals surface area contributed by atoms with Gasteiger partial charge in [0, 0.05) is 6.42 Å². The molecular formula is C13H13BrN2O4. The lowest BCUT2D eigenvalue weighted by Crippen LogP contribution is -2.00. The molecule has 0 aliphatic heterocycles. The van der Waals surface area contributed by atoms with Crippen molar-refractivity contribution in [2.75, 3.05) is 0 Å². The molecule has 6 nitrogen and oxygen atoms in total. The molecule has 0 aliphatic rings. The lowest BCUT2D eigenvalue weighted by Gasteiger charge is -2.06. The van der Waals surface area contributed by atoms with Crippen molar-refractivity contribution in [2.24, 2.45) is 0 Å². The number of hydrogen-bond donors (Lipinski definition) is 1. The van der Waals surface area contributed by atoms with Gasteiger partial charge in [-0.05, 0) is 40.5 Å². The normalized spacial score (nSPS) is 10.5. The number of aromatic nitrogens is 2. The standard InChI is InChI=1S/C13H13BrN2O4/c1-2-3-12-15-11(16-20-12)7-19-10-5-4-8(13(17)18)6-9(10)14/h4-6H,2-3,7H2,1H3,(H,17,18). The van der Waals surface area contributed by atoms with E-state index in [1.165, 1.54) is 12.1 Å². The van der Waals surface area contributed by atoms with Crippen molar-refractivity contribution in [1.82, 2.24) is 10.1 Å². The van der Waals surface area contributed by atoms with Crippen LogP contribution in [0.5, 0.6) is 5.75 Å². The number of carboxylic acids is 1. The number of benzene rings is 1. The van der Waals surface area contributed by atoms with Crippen LogP contribution >= 0.6 is 15.9 Å². The summed E-state index contributed by atoms with van der Waals surface area (Å²) in [7, 11) is 0. The highest BCUT2D eigenvalue weighted by Crippen LogP contribution is 2.26. The van der Waals surface area contributed by atoms with E-state index in [1.807, 2.05) is 6.92 Å². The lowest BCUT2D eigenvalue weighted by molar-refractivity contribution is 0.0696. The van der Waals surface area contributed by atoms with Gasteiger partial charge in [-0.15, -0.1) is 0 Å². The fraction of sp³-hybridized carbons (Fsp3) is 0.308. The lowest BCUT2D eigenvalue weighted by atomic mass is 10.2. The Morgan fingerprint density at radius 2 is 2.30 bits per heavy atom. The molecule has 2 rings (SSSR count). The van der Waals surface area contributed by atoms with E-state index in [9.17, 15) is 4.79 Å². The van der Waals surface area contributed by atoms with Crippen LogP contribution in [0.15, 0.2) is 27.2 Å². The second-order valence-electron chi connectivity index (χ2n) is 4.09. The minimum absolute atomic E-state index is 0.165. The van der Waals surface area contributed by atoms with Crippen molar-refractivity contribution in [2.45, 2.75) is 26.4 Å². The van der Waals surface area contributed by atoms with Gasteiger partial charge in [-0.2, -0.15) is 4.98 Å². The number of nitrogens with zero attached hydrogens (tertiary/aromatic N) is 2. The highest BCUT2D eigenvalue weighted by molar-refractivity contribution is 9.10. The average Bonchev–Trinajstić information content (AvgIpc) is 2.85. The average molecular weight is 341 g/mol. The summed E-state index contributed by atoms with van der Waals surface area (Å²) in [6.45, 7) is 2.19. The number of aromatic carboxylic acids is 1. The molecule has 0 spiro atoms. The van der Waals surface area contributed by atoms with Crippen molar-refractivity contribution in [3.05, 3.63) is 40.0 Å². The highest BCUT2D eigenvalue weighted by Gasteiger charge is 2.10. The first-order valence-electron chi connectivity index (χ1n) is 6.07. The summed E-state index contributed by atoms with van der Waals surface area (Å²) < 4.78 is 11.1. The molecule has 0 bridgehead atoms. The summed E-state index contributed by atoms with van der Waals surface area (Å²) in [5, 5.41) is 12.7. The van der Waals surface area contributed by atoms with Crippen LogP contribution < -0.4 is 4.74 Å². The Kier molecular flexibility index (Phi) is 4.73. The first kappa shape index (κ1) is 14.5. The molecule has 20 heavy (non-hydrogen) atoms. The summed E-state index contributed by atoms with van der Waals surface area (Å²) in [6.07, 6.45) is 1.68. The van der Waals surface area contributed by atoms with Gasteiger partial charge < -0.3 is 14.4 Å². The van der Waals surface area contributed by atoms with E-state index in [-0.39, 0.29) is 12.2 Å². The van der Waals surface area contributed by atoms with E-state index in [0.29, 0.717) is 21.9 Å². The number of ether oxygens (including phenoxy) is 1. The Labute approximate surface area is 123 Å². The summed E-state index contributed by atoms with van der Waals surface area (Å²) in [4.78, 5) is 15.0. The molecule has 1 N–H and O–H groups in total. The zero-order chi connectivity index (χ0) is 14.5. The van der Waals surface area contributed by atoms with E-state index in [0.717, 1.165) is 12.8 Å². The Balaban J connectivity index is 2.01. The molecule has 106 valence electrons. The van der Waals surface area contributed by atoms with E-state index in [1.54, 1.807) is 6.07 Å². The Hall–Kier alpha value is -1.89. The molecular weight excluding hydrogens is 328 g/mol. The fourth-order valence-corrected chi connectivity index (χ4v) is 2.05. The molecule has 0 amide bonds. The van der Waals surface area contributed by atoms with Gasteiger partial charge in [-0.3, -0.25) is 0 Å². The van der Waals surface area contributed by atoms with Crippen LogP contribution in [0, 0.1) is 0 Å². The molecule has 1 aromatic carbocycles. The molecule has 0 unspecified atom stereocenters. The Morgan fingerprint density at radius 1 is 1.50 bits per heavy atom. The quantitative estimate of drug-likeness (QED) is 0.869. The smallest absolute Gasteiger partial charge is 0.335 e. The minimum Gasteiger partial charge on any atom is -0.484 e. The Bertz CT molecular complexity index is 612. The second-order valence-corrected chi connectivity index (χ2v) is 4.95. The molecule has 0 fully saturated rings. The van der Waals surface area contributed by atoms with Crippen molar-refractivity contribution in [3.63, 3.8) is 0 Å². The van der Waals surface area contributed by atoms with E-state index in [4.69, 9.17) is 14.4 Å². The summed E-state index contributed by atoms with van der Waals surface area (Å²) >= 11 is 3.27. The highest BCUT2D eigenvalue weighted by atomic mass is 79.9. The zero-order valence-electron chi connectivity index (χ0n) is 10.8. The van der Waals surface area contributed by atoms with Gasteiger partial charge in [0.25, 0.3) is 0 Å². The van der Waals surface area contributed by atoms with E-state index >= 15 is 0 Å². The van der Waals surface area contributed by atoms with Crippen LogP contribution in [0.3, 0.4) is 0 Å². The van der Waals surface area contributed by atoms with Crippen LogP contribution in [0.2, 0.25) is 0 Å². The van der Waals surface area contributed by atoms with Crippen molar-refractivity contribution < 1.29 is 19.2 Å². The van der Waals surface area contributed by atoms with Crippen molar-refractivity contribution in [1.29, 1.82) is 0 Å². The van der Waals surface area contributed by atoms with Gasteiger partial charge in [-0.25, -0.2) is 4.79 Å². The van der Waals surface area contributed by atoms with Gasteiger partial charge in [0.05, 0.1) is 10.0 Å². The van der Waals surface area contributed by atoms with Gasteiger partial charge in [0.1, 0.15) is 5.75 Å². The van der Waals surface area contributed by atoms with Gasteiger partial charge in [0.15, 0.2) is 6.61 Å². The predicted molar refractivity (Wildman–Crippen MR) is 73.7 cm³/mol. The topological polar surface area (TPSA) is 85.5 Å². The maximum Gasteiger partial charge on any atom is 0.335 e. The predicted octanol–water partition coefficient (Wildman–Crippen LogP) is 3.06. The zero-order valence-corrected chi connectivity index (χ0v) is 12.4. The van der Waals surface area contributed by atoms with Gasteiger partial charge in [0.2, 0.25) is 11.7 Å². The maximum absolute atomic E-state index is 10.8. The molecule has 0 atom stereocenters. The third kappa shape index (κ3) is 3.57. The van der Waals surface area contributed by atoms with Crippen LogP contribution in [0.1, 0.15) is 35.4 Å². The molecule has 1 aromatic heterocycles. The third-order valence-corrected chi connectivity index (χ3v) is 3.13. The molecule has 7 heteroatoms. The number of rotatable bonds is 6. The molecule has 0 radical (unpaired) electrons. The molecule has 1 heterocycles.